The summed E-state index contributed by atoms with van der Waals surface area (Å²) in [4.78, 5) is 27.7. The number of amides is 1. The molecule has 0 aliphatic heterocycles. The third kappa shape index (κ3) is 3.57. The van der Waals surface area contributed by atoms with Gasteiger partial charge in [0, 0.05) is 0 Å². The maximum absolute atomic E-state index is 12.1. The predicted molar refractivity (Wildman–Crippen MR) is 105 cm³/mol. The van der Waals surface area contributed by atoms with Crippen LogP contribution in [0.3, 0.4) is 0 Å². The lowest BCUT2D eigenvalue weighted by atomic mass is 10.3. The molecule has 0 saturated carbocycles. The van der Waals surface area contributed by atoms with Crippen molar-refractivity contribution >= 4 is 39.7 Å². The molecule has 1 atom stereocenters. The lowest BCUT2D eigenvalue weighted by molar-refractivity contribution is -0.118. The number of thioether (sulfide) groups is 1. The first-order chi connectivity index (χ1) is 12.7. The molecule has 0 radical (unpaired) electrons. The highest BCUT2D eigenvalue weighted by molar-refractivity contribution is 8.00. The minimum absolute atomic E-state index is 0.0154. The largest absolute Gasteiger partial charge is 0.348 e. The van der Waals surface area contributed by atoms with Gasteiger partial charge in [-0.1, -0.05) is 24.3 Å². The Morgan fingerprint density at radius 3 is 2.38 bits per heavy atom. The van der Waals surface area contributed by atoms with Crippen LogP contribution in [0.25, 0.3) is 22.1 Å². The van der Waals surface area contributed by atoms with E-state index in [4.69, 9.17) is 0 Å². The van der Waals surface area contributed by atoms with Gasteiger partial charge in [0.15, 0.2) is 0 Å². The second-order valence-corrected chi connectivity index (χ2v) is 7.40. The number of imidazole rings is 2. The van der Waals surface area contributed by atoms with Crippen molar-refractivity contribution in [3.05, 3.63) is 60.2 Å². The summed E-state index contributed by atoms with van der Waals surface area (Å²) in [7, 11) is 0. The molecule has 0 aliphatic carbocycles. The maximum atomic E-state index is 12.1. The number of carbonyl (C=O) groups excluding carboxylic acids is 1. The van der Waals surface area contributed by atoms with Crippen LogP contribution in [0.2, 0.25) is 0 Å². The Hall–Kier alpha value is -2.80. The van der Waals surface area contributed by atoms with Gasteiger partial charge in [0.25, 0.3) is 0 Å². The number of aromatic nitrogens is 4. The molecule has 3 N–H and O–H groups in total. The summed E-state index contributed by atoms with van der Waals surface area (Å²) in [6.07, 6.45) is 0. The van der Waals surface area contributed by atoms with Crippen molar-refractivity contribution < 1.29 is 4.79 Å². The highest BCUT2D eigenvalue weighted by Crippen LogP contribution is 2.27. The van der Waals surface area contributed by atoms with E-state index in [0.717, 1.165) is 33.7 Å². The summed E-state index contributed by atoms with van der Waals surface area (Å²) in [6.45, 7) is 2.45. The Balaban J connectivity index is 1.30. The minimum Gasteiger partial charge on any atom is -0.348 e. The Bertz CT molecular complexity index is 988. The van der Waals surface area contributed by atoms with Gasteiger partial charge in [-0.05, 0) is 31.2 Å². The lowest BCUT2D eigenvalue weighted by Crippen LogP contribution is -2.25. The summed E-state index contributed by atoms with van der Waals surface area (Å²) >= 11 is 1.56. The molecule has 0 saturated heterocycles. The van der Waals surface area contributed by atoms with E-state index < -0.39 is 0 Å². The van der Waals surface area contributed by atoms with Crippen LogP contribution in [0.5, 0.6) is 0 Å². The summed E-state index contributed by atoms with van der Waals surface area (Å²) in [5, 5.41) is 3.02. The van der Waals surface area contributed by atoms with Crippen molar-refractivity contribution in [3.8, 4) is 0 Å². The molecule has 4 rings (SSSR count). The number of nitrogens with one attached hydrogen (secondary N) is 3. The summed E-state index contributed by atoms with van der Waals surface area (Å²) in [5.74, 6) is 2.01. The zero-order chi connectivity index (χ0) is 17.9. The Morgan fingerprint density at radius 2 is 1.69 bits per heavy atom. The molecule has 2 aromatic carbocycles. The predicted octanol–water partition coefficient (Wildman–Crippen LogP) is 3.55. The Labute approximate surface area is 154 Å². The van der Waals surface area contributed by atoms with E-state index >= 15 is 0 Å². The number of benzene rings is 2. The summed E-state index contributed by atoms with van der Waals surface area (Å²) < 4.78 is 0. The highest BCUT2D eigenvalue weighted by Gasteiger charge is 2.13. The van der Waals surface area contributed by atoms with Gasteiger partial charge >= 0.3 is 0 Å². The molecule has 7 heteroatoms. The van der Waals surface area contributed by atoms with Crippen LogP contribution in [0.1, 0.15) is 23.8 Å². The van der Waals surface area contributed by atoms with Gasteiger partial charge in [0.2, 0.25) is 5.91 Å². The fourth-order valence-corrected chi connectivity index (χ4v) is 3.54. The smallest absolute Gasteiger partial charge is 0.230 e. The molecular weight excluding hydrogens is 346 g/mol. The van der Waals surface area contributed by atoms with E-state index in [1.807, 2.05) is 48.5 Å². The molecule has 0 aliphatic rings. The van der Waals surface area contributed by atoms with Gasteiger partial charge in [0.05, 0.1) is 39.6 Å². The van der Waals surface area contributed by atoms with Crippen LogP contribution in [0.15, 0.2) is 48.5 Å². The van der Waals surface area contributed by atoms with Crippen LogP contribution in [0, 0.1) is 0 Å². The number of hydrogen-bond donors (Lipinski definition) is 3. The molecule has 1 unspecified atom stereocenters. The van der Waals surface area contributed by atoms with E-state index in [1.54, 1.807) is 11.8 Å². The molecule has 0 fully saturated rings. The van der Waals surface area contributed by atoms with E-state index in [2.05, 4.69) is 32.2 Å². The average molecular weight is 365 g/mol. The lowest BCUT2D eigenvalue weighted by Gasteiger charge is -2.08. The first-order valence-corrected chi connectivity index (χ1v) is 9.50. The van der Waals surface area contributed by atoms with Gasteiger partial charge in [-0.3, -0.25) is 4.79 Å². The number of aromatic amines is 2. The van der Waals surface area contributed by atoms with Gasteiger partial charge in [-0.15, -0.1) is 11.8 Å². The number of H-pyrrole nitrogens is 2. The quantitative estimate of drug-likeness (QED) is 0.488. The van der Waals surface area contributed by atoms with Crippen molar-refractivity contribution in [1.29, 1.82) is 0 Å². The Morgan fingerprint density at radius 1 is 1.04 bits per heavy atom. The van der Waals surface area contributed by atoms with Gasteiger partial charge in [-0.2, -0.15) is 0 Å². The second-order valence-electron chi connectivity index (χ2n) is 6.07. The van der Waals surface area contributed by atoms with Crippen LogP contribution >= 0.6 is 11.8 Å². The molecule has 6 nitrogen and oxygen atoms in total. The molecule has 0 spiro atoms. The third-order valence-corrected chi connectivity index (χ3v) is 5.30. The topological polar surface area (TPSA) is 86.5 Å². The summed E-state index contributed by atoms with van der Waals surface area (Å²) in [5.41, 5.74) is 3.85. The van der Waals surface area contributed by atoms with Gasteiger partial charge < -0.3 is 15.3 Å². The molecule has 2 aromatic heterocycles. The SMILES string of the molecule is CC(SCC(=O)NCc1nc2ccccc2[nH]1)c1nc2ccccc2[nH]1. The van der Waals surface area contributed by atoms with Crippen molar-refractivity contribution in [2.45, 2.75) is 18.7 Å². The maximum Gasteiger partial charge on any atom is 0.230 e. The van der Waals surface area contributed by atoms with Crippen molar-refractivity contribution in [2.24, 2.45) is 0 Å². The molecule has 26 heavy (non-hydrogen) atoms. The number of carbonyl (C=O) groups is 1. The molecule has 1 amide bonds. The first-order valence-electron chi connectivity index (χ1n) is 8.45. The van der Waals surface area contributed by atoms with E-state index in [1.165, 1.54) is 0 Å². The van der Waals surface area contributed by atoms with E-state index in [0.29, 0.717) is 12.3 Å². The van der Waals surface area contributed by atoms with Crippen molar-refractivity contribution in [3.63, 3.8) is 0 Å². The van der Waals surface area contributed by atoms with Crippen LogP contribution in [-0.2, 0) is 11.3 Å². The Kier molecular flexibility index (Phi) is 4.62. The third-order valence-electron chi connectivity index (χ3n) is 4.15. The van der Waals surface area contributed by atoms with Crippen LogP contribution in [0.4, 0.5) is 0 Å². The van der Waals surface area contributed by atoms with Crippen molar-refractivity contribution in [2.75, 3.05) is 5.75 Å². The number of nitrogens with zero attached hydrogens (tertiary/aromatic N) is 2. The molecular formula is C19H19N5OS. The van der Waals surface area contributed by atoms with Crippen LogP contribution in [-0.4, -0.2) is 31.6 Å². The molecule has 2 heterocycles. The summed E-state index contributed by atoms with van der Waals surface area (Å²) in [6, 6.07) is 15.8. The van der Waals surface area contributed by atoms with Crippen LogP contribution < -0.4 is 5.32 Å². The number of para-hydroxylation sites is 4. The zero-order valence-electron chi connectivity index (χ0n) is 14.3. The standard InChI is InChI=1S/C19H19N5OS/c1-12(19-23-15-8-4-5-9-16(15)24-19)26-11-18(25)20-10-17-21-13-6-2-3-7-14(13)22-17/h2-9,12H,10-11H2,1H3,(H,20,25)(H,21,22)(H,23,24). The number of fused-ring (bicyclic) bond motifs is 2. The fraction of sp³-hybridized carbons (Fsp3) is 0.211. The number of hydrogen-bond acceptors (Lipinski definition) is 4. The minimum atomic E-state index is -0.0154. The first kappa shape index (κ1) is 16.7. The van der Waals surface area contributed by atoms with Crippen molar-refractivity contribution in [1.82, 2.24) is 25.3 Å². The van der Waals surface area contributed by atoms with E-state index in [9.17, 15) is 4.79 Å². The normalized spacial score (nSPS) is 12.5. The van der Waals surface area contributed by atoms with Gasteiger partial charge in [0.1, 0.15) is 11.6 Å². The van der Waals surface area contributed by atoms with Gasteiger partial charge in [-0.25, -0.2) is 9.97 Å². The fourth-order valence-electron chi connectivity index (χ4n) is 2.77. The molecule has 0 bridgehead atoms. The zero-order valence-corrected chi connectivity index (χ0v) is 15.1. The number of rotatable bonds is 6. The monoisotopic (exact) mass is 365 g/mol. The van der Waals surface area contributed by atoms with E-state index in [-0.39, 0.29) is 11.2 Å². The molecule has 4 aromatic rings. The molecule has 132 valence electrons. The second kappa shape index (κ2) is 7.21. The highest BCUT2D eigenvalue weighted by atomic mass is 32.2. The average Bonchev–Trinajstić information content (AvgIpc) is 3.27.